The van der Waals surface area contributed by atoms with Gasteiger partial charge >= 0.3 is 0 Å². The molecular formula is C20H22ClN5O. The summed E-state index contributed by atoms with van der Waals surface area (Å²) in [5.74, 6) is 0.770. The number of rotatable bonds is 8. The third-order valence-corrected chi connectivity index (χ3v) is 4.42. The van der Waals surface area contributed by atoms with Gasteiger partial charge in [-0.25, -0.2) is 4.68 Å². The molecule has 0 spiro atoms. The molecule has 3 aromatic rings. The van der Waals surface area contributed by atoms with Crippen molar-refractivity contribution in [1.29, 1.82) is 0 Å². The van der Waals surface area contributed by atoms with Gasteiger partial charge in [0.25, 0.3) is 0 Å². The summed E-state index contributed by atoms with van der Waals surface area (Å²) in [6.07, 6.45) is 4.82. The fraction of sp³-hybridized carbons (Fsp3) is 0.250. The molecule has 0 aliphatic carbocycles. The molecule has 6 nitrogen and oxygen atoms in total. The van der Waals surface area contributed by atoms with Crippen LogP contribution in [0.2, 0.25) is 5.02 Å². The van der Waals surface area contributed by atoms with Crippen molar-refractivity contribution in [2.24, 2.45) is 5.10 Å². The molecule has 7 heteroatoms. The summed E-state index contributed by atoms with van der Waals surface area (Å²) in [5.41, 5.74) is 3.05. The lowest BCUT2D eigenvalue weighted by Gasteiger charge is -2.22. The zero-order chi connectivity index (χ0) is 19.1. The third kappa shape index (κ3) is 5.08. The maximum absolute atomic E-state index is 6.11. The Morgan fingerprint density at radius 3 is 2.44 bits per heavy atom. The monoisotopic (exact) mass is 383 g/mol. The van der Waals surface area contributed by atoms with Gasteiger partial charge in [0.1, 0.15) is 25.0 Å². The van der Waals surface area contributed by atoms with Crippen molar-refractivity contribution in [2.75, 3.05) is 18.0 Å². The van der Waals surface area contributed by atoms with Gasteiger partial charge in [-0.05, 0) is 43.7 Å². The fourth-order valence-corrected chi connectivity index (χ4v) is 2.79. The van der Waals surface area contributed by atoms with Gasteiger partial charge in [-0.2, -0.15) is 5.10 Å². The van der Waals surface area contributed by atoms with Crippen molar-refractivity contribution in [1.82, 2.24) is 14.9 Å². The minimum Gasteiger partial charge on any atom is -0.488 e. The quantitative estimate of drug-likeness (QED) is 0.546. The predicted molar refractivity (Wildman–Crippen MR) is 109 cm³/mol. The van der Waals surface area contributed by atoms with Crippen LogP contribution in [0.25, 0.3) is 0 Å². The summed E-state index contributed by atoms with van der Waals surface area (Å²) >= 11 is 5.96. The molecule has 0 N–H and O–H groups in total. The number of hydrogen-bond donors (Lipinski definition) is 0. The maximum Gasteiger partial charge on any atom is 0.141 e. The van der Waals surface area contributed by atoms with E-state index in [-0.39, 0.29) is 0 Å². The van der Waals surface area contributed by atoms with Gasteiger partial charge in [-0.3, -0.25) is 0 Å². The highest BCUT2D eigenvalue weighted by Crippen LogP contribution is 2.26. The average Bonchev–Trinajstić information content (AvgIpc) is 3.21. The minimum absolute atomic E-state index is 0.451. The third-order valence-electron chi connectivity index (χ3n) is 4.17. The van der Waals surface area contributed by atoms with Crippen LogP contribution in [0.3, 0.4) is 0 Å². The molecule has 3 rings (SSSR count). The number of benzene rings is 2. The summed E-state index contributed by atoms with van der Waals surface area (Å²) in [6.45, 7) is 6.59. The van der Waals surface area contributed by atoms with Crippen molar-refractivity contribution in [2.45, 2.75) is 20.5 Å². The van der Waals surface area contributed by atoms with Crippen molar-refractivity contribution in [3.05, 3.63) is 71.3 Å². The van der Waals surface area contributed by atoms with Gasteiger partial charge < -0.3 is 9.64 Å². The Hall–Kier alpha value is -2.86. The normalized spacial score (nSPS) is 11.1. The molecule has 0 radical (unpaired) electrons. The molecule has 0 atom stereocenters. The van der Waals surface area contributed by atoms with Gasteiger partial charge in [0.05, 0.1) is 6.21 Å². The molecule has 0 bridgehead atoms. The molecule has 0 saturated carbocycles. The molecule has 0 unspecified atom stereocenters. The van der Waals surface area contributed by atoms with E-state index in [1.54, 1.807) is 10.9 Å². The van der Waals surface area contributed by atoms with E-state index in [1.807, 2.05) is 30.3 Å². The summed E-state index contributed by atoms with van der Waals surface area (Å²) < 4.78 is 7.65. The first-order valence-corrected chi connectivity index (χ1v) is 9.22. The Labute approximate surface area is 164 Å². The Bertz CT molecular complexity index is 874. The molecule has 140 valence electrons. The lowest BCUT2D eigenvalue weighted by Crippen LogP contribution is -2.21. The maximum atomic E-state index is 6.11. The van der Waals surface area contributed by atoms with E-state index in [9.17, 15) is 0 Å². The van der Waals surface area contributed by atoms with E-state index in [1.165, 1.54) is 12.7 Å². The zero-order valence-electron chi connectivity index (χ0n) is 15.4. The van der Waals surface area contributed by atoms with Crippen molar-refractivity contribution < 1.29 is 4.74 Å². The Kier molecular flexibility index (Phi) is 6.44. The molecule has 0 saturated heterocycles. The first kappa shape index (κ1) is 18.9. The largest absolute Gasteiger partial charge is 0.488 e. The number of aromatic nitrogens is 3. The lowest BCUT2D eigenvalue weighted by molar-refractivity contribution is 0.306. The molecule has 0 fully saturated rings. The Balaban J connectivity index is 1.85. The molecule has 2 aromatic carbocycles. The van der Waals surface area contributed by atoms with Gasteiger partial charge in [-0.1, -0.05) is 23.7 Å². The number of anilines is 1. The van der Waals surface area contributed by atoms with E-state index < -0.39 is 0 Å². The van der Waals surface area contributed by atoms with Crippen LogP contribution in [-0.2, 0) is 6.61 Å². The van der Waals surface area contributed by atoms with Gasteiger partial charge in [0, 0.05) is 35.4 Å². The van der Waals surface area contributed by atoms with E-state index in [2.05, 4.69) is 46.2 Å². The van der Waals surface area contributed by atoms with Crippen LogP contribution in [0.1, 0.15) is 25.0 Å². The number of nitrogens with zero attached hydrogens (tertiary/aromatic N) is 5. The second kappa shape index (κ2) is 9.19. The standard InChI is InChI=1S/C20H22ClN5O/c1-3-25(4-2)19-10-7-17(12-24-26-14-22-23-15-26)20(11-19)27-13-16-5-8-18(21)9-6-16/h5-12,14-15H,3-4,13H2,1-2H3/b24-12-. The lowest BCUT2D eigenvalue weighted by atomic mass is 10.1. The molecule has 1 heterocycles. The Morgan fingerprint density at radius 2 is 1.78 bits per heavy atom. The first-order valence-electron chi connectivity index (χ1n) is 8.84. The average molecular weight is 384 g/mol. The van der Waals surface area contributed by atoms with Crippen molar-refractivity contribution >= 4 is 23.5 Å². The topological polar surface area (TPSA) is 55.5 Å². The molecule has 0 amide bonds. The zero-order valence-corrected chi connectivity index (χ0v) is 16.2. The second-order valence-electron chi connectivity index (χ2n) is 5.90. The van der Waals surface area contributed by atoms with Gasteiger partial charge in [-0.15, -0.1) is 10.2 Å². The van der Waals surface area contributed by atoms with Crippen LogP contribution in [-0.4, -0.2) is 34.2 Å². The van der Waals surface area contributed by atoms with Crippen LogP contribution < -0.4 is 9.64 Å². The van der Waals surface area contributed by atoms with Gasteiger partial charge in [0.2, 0.25) is 0 Å². The van der Waals surface area contributed by atoms with Crippen molar-refractivity contribution in [3.8, 4) is 5.75 Å². The molecule has 27 heavy (non-hydrogen) atoms. The fourth-order valence-electron chi connectivity index (χ4n) is 2.67. The highest BCUT2D eigenvalue weighted by molar-refractivity contribution is 6.30. The van der Waals surface area contributed by atoms with Crippen LogP contribution in [0.4, 0.5) is 5.69 Å². The summed E-state index contributed by atoms with van der Waals surface area (Å²) in [7, 11) is 0. The number of ether oxygens (including phenoxy) is 1. The van der Waals surface area contributed by atoms with E-state index in [0.29, 0.717) is 11.6 Å². The van der Waals surface area contributed by atoms with E-state index >= 15 is 0 Å². The van der Waals surface area contributed by atoms with Crippen LogP contribution in [0.5, 0.6) is 5.75 Å². The summed E-state index contributed by atoms with van der Waals surface area (Å²) in [4.78, 5) is 2.27. The molecule has 0 aliphatic heterocycles. The Morgan fingerprint density at radius 1 is 1.07 bits per heavy atom. The SMILES string of the molecule is CCN(CC)c1ccc(/C=N\n2cnnc2)c(OCc2ccc(Cl)cc2)c1. The summed E-state index contributed by atoms with van der Waals surface area (Å²) in [6, 6.07) is 13.8. The first-order chi connectivity index (χ1) is 13.2. The highest BCUT2D eigenvalue weighted by atomic mass is 35.5. The minimum atomic E-state index is 0.451. The summed E-state index contributed by atoms with van der Waals surface area (Å²) in [5, 5.41) is 12.5. The number of halogens is 1. The van der Waals surface area contributed by atoms with E-state index in [0.717, 1.165) is 35.7 Å². The molecular weight excluding hydrogens is 362 g/mol. The van der Waals surface area contributed by atoms with Crippen LogP contribution in [0.15, 0.2) is 60.2 Å². The van der Waals surface area contributed by atoms with Crippen molar-refractivity contribution in [3.63, 3.8) is 0 Å². The highest BCUT2D eigenvalue weighted by Gasteiger charge is 2.08. The molecule has 1 aromatic heterocycles. The van der Waals surface area contributed by atoms with Gasteiger partial charge in [0.15, 0.2) is 0 Å². The molecule has 0 aliphatic rings. The van der Waals surface area contributed by atoms with Crippen LogP contribution >= 0.6 is 11.6 Å². The predicted octanol–water partition coefficient (Wildman–Crippen LogP) is 4.24. The second-order valence-corrected chi connectivity index (χ2v) is 6.33. The van der Waals surface area contributed by atoms with E-state index in [4.69, 9.17) is 16.3 Å². The smallest absolute Gasteiger partial charge is 0.141 e. The number of hydrogen-bond acceptors (Lipinski definition) is 5. The van der Waals surface area contributed by atoms with Crippen LogP contribution in [0, 0.1) is 0 Å².